The Morgan fingerprint density at radius 3 is 2.56 bits per heavy atom. The molecule has 3 nitrogen and oxygen atoms in total. The van der Waals surface area contributed by atoms with E-state index >= 15 is 0 Å². The normalized spacial score (nSPS) is 13.8. The van der Waals surface area contributed by atoms with Crippen LogP contribution in [0.4, 0.5) is 0 Å². The first kappa shape index (κ1) is 13.0. The summed E-state index contributed by atoms with van der Waals surface area (Å²) < 4.78 is 0. The highest BCUT2D eigenvalue weighted by molar-refractivity contribution is 5.80. The van der Waals surface area contributed by atoms with Crippen LogP contribution in [0.1, 0.15) is 26.5 Å². The number of likely N-dealkylation sites (N-methyl/N-ethyl adjacent to an activating group) is 1. The summed E-state index contributed by atoms with van der Waals surface area (Å²) in [6.45, 7) is 6.74. The molecule has 0 radical (unpaired) electrons. The van der Waals surface area contributed by atoms with Crippen LogP contribution in [-0.4, -0.2) is 23.1 Å². The van der Waals surface area contributed by atoms with Crippen molar-refractivity contribution in [2.45, 2.75) is 33.2 Å². The van der Waals surface area contributed by atoms with Gasteiger partial charge in [0, 0.05) is 17.8 Å². The lowest BCUT2D eigenvalue weighted by atomic mass is 9.83. The van der Waals surface area contributed by atoms with Gasteiger partial charge in [0.25, 0.3) is 0 Å². The van der Waals surface area contributed by atoms with E-state index in [1.807, 2.05) is 25.2 Å². The van der Waals surface area contributed by atoms with E-state index < -0.39 is 0 Å². The molecule has 0 fully saturated rings. The van der Waals surface area contributed by atoms with Crippen molar-refractivity contribution in [3.63, 3.8) is 0 Å². The zero-order valence-electron chi connectivity index (χ0n) is 11.6. The van der Waals surface area contributed by atoms with Gasteiger partial charge in [-0.2, -0.15) is 0 Å². The van der Waals surface area contributed by atoms with Gasteiger partial charge in [0.1, 0.15) is 6.33 Å². The minimum atomic E-state index is 0.209. The number of benzene rings is 1. The Hall–Kier alpha value is -1.48. The van der Waals surface area contributed by atoms with Crippen LogP contribution in [0.3, 0.4) is 0 Å². The molecule has 0 saturated carbocycles. The third-order valence-electron chi connectivity index (χ3n) is 3.42. The predicted molar refractivity (Wildman–Crippen MR) is 75.5 cm³/mol. The van der Waals surface area contributed by atoms with Gasteiger partial charge in [-0.05, 0) is 18.5 Å². The number of rotatable bonds is 3. The molecular formula is C15H21N3. The van der Waals surface area contributed by atoms with Crippen molar-refractivity contribution in [1.29, 1.82) is 0 Å². The third-order valence-corrected chi connectivity index (χ3v) is 3.42. The van der Waals surface area contributed by atoms with Gasteiger partial charge in [0.15, 0.2) is 0 Å². The van der Waals surface area contributed by atoms with Crippen molar-refractivity contribution in [1.82, 2.24) is 15.3 Å². The standard InChI is InChI=1S/C15H21N3/c1-15(2,3)14(16-4)9-13-11-7-5-6-8-12(11)17-10-18-13/h5-8,10,14,16H,9H2,1-4H3. The Labute approximate surface area is 109 Å². The van der Waals surface area contributed by atoms with Crippen molar-refractivity contribution in [2.24, 2.45) is 5.41 Å². The highest BCUT2D eigenvalue weighted by Crippen LogP contribution is 2.24. The van der Waals surface area contributed by atoms with E-state index in [4.69, 9.17) is 0 Å². The van der Waals surface area contributed by atoms with Gasteiger partial charge in [0.2, 0.25) is 0 Å². The van der Waals surface area contributed by atoms with E-state index in [9.17, 15) is 0 Å². The average Bonchev–Trinajstić information content (AvgIpc) is 2.34. The van der Waals surface area contributed by atoms with E-state index in [-0.39, 0.29) is 5.41 Å². The molecule has 2 aromatic rings. The Kier molecular flexibility index (Phi) is 3.62. The zero-order chi connectivity index (χ0) is 13.2. The highest BCUT2D eigenvalue weighted by atomic mass is 14.9. The van der Waals surface area contributed by atoms with Crippen LogP contribution in [0.2, 0.25) is 0 Å². The van der Waals surface area contributed by atoms with Crippen LogP contribution >= 0.6 is 0 Å². The number of fused-ring (bicyclic) bond motifs is 1. The minimum absolute atomic E-state index is 0.209. The third kappa shape index (κ3) is 2.67. The van der Waals surface area contributed by atoms with Crippen molar-refractivity contribution in [3.05, 3.63) is 36.3 Å². The van der Waals surface area contributed by atoms with E-state index in [1.54, 1.807) is 6.33 Å². The lowest BCUT2D eigenvalue weighted by Crippen LogP contribution is -2.40. The molecule has 0 aliphatic rings. The second kappa shape index (κ2) is 5.02. The van der Waals surface area contributed by atoms with Crippen molar-refractivity contribution < 1.29 is 0 Å². The maximum absolute atomic E-state index is 4.46. The molecule has 96 valence electrons. The fourth-order valence-corrected chi connectivity index (χ4v) is 2.26. The van der Waals surface area contributed by atoms with Gasteiger partial charge in [0.05, 0.1) is 11.2 Å². The van der Waals surface area contributed by atoms with Gasteiger partial charge >= 0.3 is 0 Å². The molecule has 0 aliphatic carbocycles. The van der Waals surface area contributed by atoms with Gasteiger partial charge in [-0.1, -0.05) is 39.0 Å². The van der Waals surface area contributed by atoms with Gasteiger partial charge in [-0.15, -0.1) is 0 Å². The second-order valence-corrected chi connectivity index (χ2v) is 5.75. The van der Waals surface area contributed by atoms with Gasteiger partial charge < -0.3 is 5.32 Å². The van der Waals surface area contributed by atoms with Crippen molar-refractivity contribution in [3.8, 4) is 0 Å². The van der Waals surface area contributed by atoms with Crippen molar-refractivity contribution >= 4 is 10.9 Å². The first-order valence-corrected chi connectivity index (χ1v) is 6.38. The summed E-state index contributed by atoms with van der Waals surface area (Å²) in [6.07, 6.45) is 2.58. The van der Waals surface area contributed by atoms with Gasteiger partial charge in [-0.3, -0.25) is 0 Å². The molecule has 1 aromatic heterocycles. The molecule has 1 unspecified atom stereocenters. The fraction of sp³-hybridized carbons (Fsp3) is 0.467. The summed E-state index contributed by atoms with van der Waals surface area (Å²) in [7, 11) is 2.01. The minimum Gasteiger partial charge on any atom is -0.316 e. The second-order valence-electron chi connectivity index (χ2n) is 5.75. The Morgan fingerprint density at radius 2 is 1.89 bits per heavy atom. The molecule has 0 amide bonds. The fourth-order valence-electron chi connectivity index (χ4n) is 2.26. The lowest BCUT2D eigenvalue weighted by Gasteiger charge is -2.30. The number of nitrogens with one attached hydrogen (secondary N) is 1. The SMILES string of the molecule is CNC(Cc1ncnc2ccccc12)C(C)(C)C. The molecule has 2 rings (SSSR count). The maximum Gasteiger partial charge on any atom is 0.116 e. The molecule has 1 aromatic carbocycles. The predicted octanol–water partition coefficient (Wildman–Crippen LogP) is 2.81. The van der Waals surface area contributed by atoms with Crippen LogP contribution in [-0.2, 0) is 6.42 Å². The Bertz CT molecular complexity index is 523. The lowest BCUT2D eigenvalue weighted by molar-refractivity contribution is 0.279. The zero-order valence-corrected chi connectivity index (χ0v) is 11.6. The molecule has 18 heavy (non-hydrogen) atoms. The molecule has 0 aliphatic heterocycles. The highest BCUT2D eigenvalue weighted by Gasteiger charge is 2.24. The smallest absolute Gasteiger partial charge is 0.116 e. The number of hydrogen-bond donors (Lipinski definition) is 1. The van der Waals surface area contributed by atoms with E-state index in [0.29, 0.717) is 6.04 Å². The molecule has 1 atom stereocenters. The number of hydrogen-bond acceptors (Lipinski definition) is 3. The Morgan fingerprint density at radius 1 is 1.17 bits per heavy atom. The van der Waals surface area contributed by atoms with Crippen LogP contribution < -0.4 is 5.32 Å². The maximum atomic E-state index is 4.46. The van der Waals surface area contributed by atoms with Crippen LogP contribution in [0.5, 0.6) is 0 Å². The van der Waals surface area contributed by atoms with Crippen molar-refractivity contribution in [2.75, 3.05) is 7.05 Å². The van der Waals surface area contributed by atoms with Crippen LogP contribution in [0.15, 0.2) is 30.6 Å². The molecule has 0 saturated heterocycles. The summed E-state index contributed by atoms with van der Waals surface area (Å²) in [5, 5.41) is 4.55. The first-order valence-electron chi connectivity index (χ1n) is 6.38. The van der Waals surface area contributed by atoms with E-state index in [1.165, 1.54) is 0 Å². The summed E-state index contributed by atoms with van der Waals surface area (Å²) in [5.74, 6) is 0. The number of aromatic nitrogens is 2. The number of nitrogens with zero attached hydrogens (tertiary/aromatic N) is 2. The monoisotopic (exact) mass is 243 g/mol. The summed E-state index contributed by atoms with van der Waals surface area (Å²) in [6, 6.07) is 8.58. The average molecular weight is 243 g/mol. The molecule has 0 bridgehead atoms. The quantitative estimate of drug-likeness (QED) is 0.900. The van der Waals surface area contributed by atoms with E-state index in [0.717, 1.165) is 23.0 Å². The van der Waals surface area contributed by atoms with Crippen LogP contribution in [0, 0.1) is 5.41 Å². The number of para-hydroxylation sites is 1. The summed E-state index contributed by atoms with van der Waals surface area (Å²) >= 11 is 0. The van der Waals surface area contributed by atoms with Crippen LogP contribution in [0.25, 0.3) is 10.9 Å². The largest absolute Gasteiger partial charge is 0.316 e. The topological polar surface area (TPSA) is 37.8 Å². The Balaban J connectivity index is 2.37. The van der Waals surface area contributed by atoms with Gasteiger partial charge in [-0.25, -0.2) is 9.97 Å². The van der Waals surface area contributed by atoms with E-state index in [2.05, 4.69) is 42.1 Å². The molecular weight excluding hydrogens is 222 g/mol. The molecule has 3 heteroatoms. The summed E-state index contributed by atoms with van der Waals surface area (Å²) in [5.41, 5.74) is 2.35. The molecule has 0 spiro atoms. The summed E-state index contributed by atoms with van der Waals surface area (Å²) in [4.78, 5) is 8.76. The molecule has 1 N–H and O–H groups in total. The first-order chi connectivity index (χ1) is 8.52. The molecule has 1 heterocycles.